The lowest BCUT2D eigenvalue weighted by atomic mass is 10.1. The minimum Gasteiger partial charge on any atom is -0.493 e. The summed E-state index contributed by atoms with van der Waals surface area (Å²) in [6, 6.07) is 32.1. The summed E-state index contributed by atoms with van der Waals surface area (Å²) in [5.74, 6) is 1.49. The number of carbonyl (C=O) groups is 1. The molecule has 0 bridgehead atoms. The number of benzene rings is 3. The van der Waals surface area contributed by atoms with Crippen LogP contribution < -0.4 is 9.47 Å². The Hall–Kier alpha value is -4.12. The standard InChI is InChI=1S/C32H34N2O3/c1-36-30-19-18-28(23-31(30)37-25-27-13-6-3-7-14-27)24-34(22-20-29-16-8-9-21-33-29)32(35)17-10-15-26-11-4-2-5-12-26/h2-9,11-14,16,18-19,21,23H,10,15,17,20,22,24-25H2,1H3. The van der Waals surface area contributed by atoms with Crippen LogP contribution in [0.4, 0.5) is 0 Å². The van der Waals surface area contributed by atoms with Gasteiger partial charge in [0.05, 0.1) is 7.11 Å². The molecule has 0 unspecified atom stereocenters. The molecule has 0 saturated heterocycles. The Morgan fingerprint density at radius 3 is 2.22 bits per heavy atom. The number of methoxy groups -OCH3 is 1. The number of pyridine rings is 1. The summed E-state index contributed by atoms with van der Waals surface area (Å²) < 4.78 is 11.6. The lowest BCUT2D eigenvalue weighted by molar-refractivity contribution is -0.131. The second-order valence-corrected chi connectivity index (χ2v) is 8.99. The first kappa shape index (κ1) is 26.0. The Morgan fingerprint density at radius 2 is 1.51 bits per heavy atom. The van der Waals surface area contributed by atoms with Gasteiger partial charge in [0.2, 0.25) is 5.91 Å². The van der Waals surface area contributed by atoms with Crippen LogP contribution in [0.5, 0.6) is 11.5 Å². The van der Waals surface area contributed by atoms with E-state index in [-0.39, 0.29) is 5.91 Å². The number of aryl methyl sites for hydroxylation is 1. The highest BCUT2D eigenvalue weighted by Crippen LogP contribution is 2.29. The Balaban J connectivity index is 1.44. The van der Waals surface area contributed by atoms with Crippen LogP contribution in [-0.4, -0.2) is 29.4 Å². The molecule has 37 heavy (non-hydrogen) atoms. The lowest BCUT2D eigenvalue weighted by Gasteiger charge is -2.24. The van der Waals surface area contributed by atoms with Gasteiger partial charge in [0, 0.05) is 37.8 Å². The molecule has 0 fully saturated rings. The molecule has 1 heterocycles. The van der Waals surface area contributed by atoms with E-state index in [0.29, 0.717) is 44.0 Å². The van der Waals surface area contributed by atoms with Gasteiger partial charge in [-0.1, -0.05) is 72.8 Å². The molecular formula is C32H34N2O3. The maximum atomic E-state index is 13.3. The summed E-state index contributed by atoms with van der Waals surface area (Å²) in [7, 11) is 1.64. The lowest BCUT2D eigenvalue weighted by Crippen LogP contribution is -2.32. The Bertz CT molecular complexity index is 1230. The van der Waals surface area contributed by atoms with Gasteiger partial charge < -0.3 is 14.4 Å². The zero-order valence-electron chi connectivity index (χ0n) is 21.4. The third-order valence-corrected chi connectivity index (χ3v) is 6.25. The maximum absolute atomic E-state index is 13.3. The second-order valence-electron chi connectivity index (χ2n) is 8.99. The molecule has 5 heteroatoms. The monoisotopic (exact) mass is 494 g/mol. The van der Waals surface area contributed by atoms with Crippen LogP contribution >= 0.6 is 0 Å². The normalized spacial score (nSPS) is 10.6. The van der Waals surface area contributed by atoms with E-state index < -0.39 is 0 Å². The van der Waals surface area contributed by atoms with E-state index in [4.69, 9.17) is 9.47 Å². The Labute approximate surface area is 219 Å². The number of hydrogen-bond donors (Lipinski definition) is 0. The average Bonchev–Trinajstić information content (AvgIpc) is 2.96. The number of ether oxygens (including phenoxy) is 2. The molecule has 0 saturated carbocycles. The van der Waals surface area contributed by atoms with Crippen LogP contribution in [0.1, 0.15) is 35.2 Å². The van der Waals surface area contributed by atoms with Crippen LogP contribution in [0.25, 0.3) is 0 Å². The molecule has 0 radical (unpaired) electrons. The molecular weight excluding hydrogens is 460 g/mol. The highest BCUT2D eigenvalue weighted by atomic mass is 16.5. The quantitative estimate of drug-likeness (QED) is 0.220. The number of aromatic nitrogens is 1. The molecule has 3 aromatic carbocycles. The SMILES string of the molecule is COc1ccc(CN(CCc2ccccn2)C(=O)CCCc2ccccc2)cc1OCc1ccccc1. The average molecular weight is 495 g/mol. The number of rotatable bonds is 13. The molecule has 1 aromatic heterocycles. The highest BCUT2D eigenvalue weighted by Gasteiger charge is 2.16. The predicted molar refractivity (Wildman–Crippen MR) is 147 cm³/mol. The molecule has 4 rings (SSSR count). The Morgan fingerprint density at radius 1 is 0.784 bits per heavy atom. The smallest absolute Gasteiger partial charge is 0.222 e. The topological polar surface area (TPSA) is 51.7 Å². The van der Waals surface area contributed by atoms with Gasteiger partial charge in [-0.3, -0.25) is 9.78 Å². The minimum absolute atomic E-state index is 0.148. The molecule has 5 nitrogen and oxygen atoms in total. The van der Waals surface area contributed by atoms with Gasteiger partial charge in [-0.2, -0.15) is 0 Å². The summed E-state index contributed by atoms with van der Waals surface area (Å²) >= 11 is 0. The number of carbonyl (C=O) groups excluding carboxylic acids is 1. The van der Waals surface area contributed by atoms with E-state index in [2.05, 4.69) is 17.1 Å². The van der Waals surface area contributed by atoms with Crippen molar-refractivity contribution in [3.63, 3.8) is 0 Å². The molecule has 0 aliphatic heterocycles. The largest absolute Gasteiger partial charge is 0.493 e. The molecule has 190 valence electrons. The molecule has 4 aromatic rings. The molecule has 0 N–H and O–H groups in total. The Kier molecular flexibility index (Phi) is 9.70. The van der Waals surface area contributed by atoms with Crippen molar-refractivity contribution in [3.8, 4) is 11.5 Å². The van der Waals surface area contributed by atoms with Crippen LogP contribution in [0.3, 0.4) is 0 Å². The summed E-state index contributed by atoms with van der Waals surface area (Å²) in [5.41, 5.74) is 4.32. The first-order chi connectivity index (χ1) is 18.2. The highest BCUT2D eigenvalue weighted by molar-refractivity contribution is 5.76. The molecule has 0 aliphatic rings. The van der Waals surface area contributed by atoms with E-state index >= 15 is 0 Å². The first-order valence-corrected chi connectivity index (χ1v) is 12.8. The van der Waals surface area contributed by atoms with Crippen molar-refractivity contribution in [2.75, 3.05) is 13.7 Å². The summed E-state index contributed by atoms with van der Waals surface area (Å²) in [6.07, 6.45) is 4.71. The molecule has 0 atom stereocenters. The van der Waals surface area contributed by atoms with Gasteiger partial charge in [-0.25, -0.2) is 0 Å². The maximum Gasteiger partial charge on any atom is 0.222 e. The van der Waals surface area contributed by atoms with Gasteiger partial charge in [0.25, 0.3) is 0 Å². The number of nitrogens with zero attached hydrogens (tertiary/aromatic N) is 2. The van der Waals surface area contributed by atoms with Crippen molar-refractivity contribution in [1.82, 2.24) is 9.88 Å². The van der Waals surface area contributed by atoms with E-state index in [1.165, 1.54) is 5.56 Å². The van der Waals surface area contributed by atoms with Crippen LogP contribution in [0.15, 0.2) is 103 Å². The van der Waals surface area contributed by atoms with Crippen LogP contribution in [0.2, 0.25) is 0 Å². The summed E-state index contributed by atoms with van der Waals surface area (Å²) in [4.78, 5) is 19.7. The third kappa shape index (κ3) is 8.21. The number of hydrogen-bond acceptors (Lipinski definition) is 4. The fourth-order valence-corrected chi connectivity index (χ4v) is 4.22. The zero-order valence-corrected chi connectivity index (χ0v) is 21.4. The van der Waals surface area contributed by atoms with Gasteiger partial charge in [0.1, 0.15) is 6.61 Å². The fraction of sp³-hybridized carbons (Fsp3) is 0.250. The van der Waals surface area contributed by atoms with Gasteiger partial charge >= 0.3 is 0 Å². The van der Waals surface area contributed by atoms with Crippen molar-refractivity contribution >= 4 is 5.91 Å². The van der Waals surface area contributed by atoms with Crippen molar-refractivity contribution in [2.24, 2.45) is 0 Å². The van der Waals surface area contributed by atoms with Crippen LogP contribution in [0, 0.1) is 0 Å². The van der Waals surface area contributed by atoms with Crippen molar-refractivity contribution in [1.29, 1.82) is 0 Å². The first-order valence-electron chi connectivity index (χ1n) is 12.8. The molecule has 0 spiro atoms. The van der Waals surface area contributed by atoms with Crippen molar-refractivity contribution in [3.05, 3.63) is 126 Å². The summed E-state index contributed by atoms with van der Waals surface area (Å²) in [5, 5.41) is 0. The van der Waals surface area contributed by atoms with E-state index in [0.717, 1.165) is 29.7 Å². The van der Waals surface area contributed by atoms with Gasteiger partial charge in [-0.05, 0) is 53.8 Å². The van der Waals surface area contributed by atoms with Gasteiger partial charge in [0.15, 0.2) is 11.5 Å². The van der Waals surface area contributed by atoms with Crippen molar-refractivity contribution in [2.45, 2.75) is 38.8 Å². The predicted octanol–water partition coefficient (Wildman–Crippen LogP) is 6.26. The minimum atomic E-state index is 0.148. The third-order valence-electron chi connectivity index (χ3n) is 6.25. The fourth-order valence-electron chi connectivity index (χ4n) is 4.22. The van der Waals surface area contributed by atoms with Gasteiger partial charge in [-0.15, -0.1) is 0 Å². The van der Waals surface area contributed by atoms with E-state index in [1.54, 1.807) is 13.3 Å². The molecule has 1 amide bonds. The van der Waals surface area contributed by atoms with Crippen LogP contribution in [-0.2, 0) is 30.8 Å². The molecule has 0 aliphatic carbocycles. The summed E-state index contributed by atoms with van der Waals surface area (Å²) in [6.45, 7) is 1.55. The number of amides is 1. The zero-order chi connectivity index (χ0) is 25.7. The second kappa shape index (κ2) is 13.8. The van der Waals surface area contributed by atoms with Crippen molar-refractivity contribution < 1.29 is 14.3 Å². The van der Waals surface area contributed by atoms with E-state index in [9.17, 15) is 4.79 Å². The van der Waals surface area contributed by atoms with E-state index in [1.807, 2.05) is 89.8 Å².